The van der Waals surface area contributed by atoms with E-state index in [1.807, 2.05) is 0 Å². The highest BCUT2D eigenvalue weighted by atomic mass is 32.2. The number of hydrogen-bond donors (Lipinski definition) is 3. The highest BCUT2D eigenvalue weighted by Crippen LogP contribution is 2.05. The number of nitrogens with one attached hydrogen (secondary N) is 2. The van der Waals surface area contributed by atoms with Crippen molar-refractivity contribution in [3.8, 4) is 0 Å². The first-order chi connectivity index (χ1) is 7.47. The van der Waals surface area contributed by atoms with Gasteiger partial charge < -0.3 is 15.7 Å². The Morgan fingerprint density at radius 3 is 2.44 bits per heavy atom. The van der Waals surface area contributed by atoms with Gasteiger partial charge in [-0.1, -0.05) is 0 Å². The Balaban J connectivity index is 3.81. The molecule has 7 heteroatoms. The third-order valence-corrected chi connectivity index (χ3v) is 2.77. The lowest BCUT2D eigenvalue weighted by molar-refractivity contribution is -0.140. The molecular weight excluding hydrogens is 232 g/mol. The number of carboxylic acids is 1. The van der Waals surface area contributed by atoms with Crippen LogP contribution < -0.4 is 10.6 Å². The molecule has 1 atom stereocenters. The van der Waals surface area contributed by atoms with Gasteiger partial charge in [-0.15, -0.1) is 0 Å². The number of carbonyl (C=O) groups excluding carboxylic acids is 2. The SMILES string of the molecule is CNC(=O)CCSC[C@H](NC(C)=O)C(=O)O. The molecule has 3 N–H and O–H groups in total. The molecule has 16 heavy (non-hydrogen) atoms. The minimum atomic E-state index is -1.07. The first kappa shape index (κ1) is 14.8. The fourth-order valence-electron chi connectivity index (χ4n) is 0.911. The molecule has 0 radical (unpaired) electrons. The molecule has 92 valence electrons. The number of hydrogen-bond acceptors (Lipinski definition) is 4. The fraction of sp³-hybridized carbons (Fsp3) is 0.667. The largest absolute Gasteiger partial charge is 0.480 e. The van der Waals surface area contributed by atoms with Crippen molar-refractivity contribution in [2.75, 3.05) is 18.6 Å². The van der Waals surface area contributed by atoms with Crippen LogP contribution in [0.1, 0.15) is 13.3 Å². The average molecular weight is 248 g/mol. The molecule has 0 aliphatic rings. The predicted octanol–water partition coefficient (Wildman–Crippen LogP) is -0.555. The summed E-state index contributed by atoms with van der Waals surface area (Å²) in [5, 5.41) is 13.6. The third kappa shape index (κ3) is 7.10. The normalized spacial score (nSPS) is 11.6. The highest BCUT2D eigenvalue weighted by molar-refractivity contribution is 7.99. The number of rotatable bonds is 7. The van der Waals surface area contributed by atoms with Crippen molar-refractivity contribution in [3.05, 3.63) is 0 Å². The van der Waals surface area contributed by atoms with Crippen LogP contribution in [0.2, 0.25) is 0 Å². The van der Waals surface area contributed by atoms with Crippen LogP contribution in [-0.4, -0.2) is 47.5 Å². The van der Waals surface area contributed by atoms with E-state index < -0.39 is 12.0 Å². The third-order valence-electron chi connectivity index (χ3n) is 1.71. The van der Waals surface area contributed by atoms with Crippen molar-refractivity contribution in [3.63, 3.8) is 0 Å². The maximum atomic E-state index is 10.9. The van der Waals surface area contributed by atoms with Crippen LogP contribution in [0.4, 0.5) is 0 Å². The second-order valence-corrected chi connectivity index (χ2v) is 4.24. The number of amides is 2. The van der Waals surface area contributed by atoms with Crippen molar-refractivity contribution in [2.24, 2.45) is 0 Å². The Hall–Kier alpha value is -1.24. The van der Waals surface area contributed by atoms with E-state index in [1.165, 1.54) is 18.7 Å². The Morgan fingerprint density at radius 1 is 1.38 bits per heavy atom. The van der Waals surface area contributed by atoms with E-state index in [0.717, 1.165) is 0 Å². The van der Waals surface area contributed by atoms with E-state index in [4.69, 9.17) is 5.11 Å². The second-order valence-electron chi connectivity index (χ2n) is 3.09. The maximum absolute atomic E-state index is 10.9. The van der Waals surface area contributed by atoms with Gasteiger partial charge >= 0.3 is 5.97 Å². The number of aliphatic carboxylic acids is 1. The lowest BCUT2D eigenvalue weighted by Crippen LogP contribution is -2.41. The van der Waals surface area contributed by atoms with Crippen LogP contribution in [0.5, 0.6) is 0 Å². The van der Waals surface area contributed by atoms with Gasteiger partial charge in [-0.2, -0.15) is 11.8 Å². The van der Waals surface area contributed by atoms with E-state index in [-0.39, 0.29) is 17.6 Å². The molecule has 0 saturated carbocycles. The van der Waals surface area contributed by atoms with E-state index in [9.17, 15) is 14.4 Å². The predicted molar refractivity (Wildman–Crippen MR) is 61.2 cm³/mol. The molecule has 2 amide bonds. The molecule has 0 bridgehead atoms. The van der Waals surface area contributed by atoms with Crippen molar-refractivity contribution >= 4 is 29.5 Å². The second kappa shape index (κ2) is 7.98. The molecule has 0 saturated heterocycles. The topological polar surface area (TPSA) is 95.5 Å². The smallest absolute Gasteiger partial charge is 0.327 e. The monoisotopic (exact) mass is 248 g/mol. The van der Waals surface area contributed by atoms with Crippen molar-refractivity contribution in [1.82, 2.24) is 10.6 Å². The summed E-state index contributed by atoms with van der Waals surface area (Å²) in [7, 11) is 1.55. The zero-order valence-electron chi connectivity index (χ0n) is 9.28. The van der Waals surface area contributed by atoms with E-state index in [0.29, 0.717) is 12.2 Å². The number of carbonyl (C=O) groups is 3. The van der Waals surface area contributed by atoms with Crippen LogP contribution in [-0.2, 0) is 14.4 Å². The maximum Gasteiger partial charge on any atom is 0.327 e. The van der Waals surface area contributed by atoms with Crippen LogP contribution >= 0.6 is 11.8 Å². The Kier molecular flexibility index (Phi) is 7.36. The van der Waals surface area contributed by atoms with Crippen LogP contribution in [0.3, 0.4) is 0 Å². The standard InChI is InChI=1S/C9H16N2O4S/c1-6(12)11-7(9(14)15)5-16-4-3-8(13)10-2/h7H,3-5H2,1-2H3,(H,10,13)(H,11,12)(H,14,15)/t7-/m0/s1. The minimum absolute atomic E-state index is 0.0843. The Labute approximate surface area is 98.2 Å². The van der Waals surface area contributed by atoms with Crippen LogP contribution in [0, 0.1) is 0 Å². The number of thioether (sulfide) groups is 1. The van der Waals surface area contributed by atoms with Gasteiger partial charge in [-0.3, -0.25) is 9.59 Å². The Bertz CT molecular complexity index is 270. The van der Waals surface area contributed by atoms with Gasteiger partial charge in [0.15, 0.2) is 0 Å². The summed E-state index contributed by atoms with van der Waals surface area (Å²) >= 11 is 1.32. The molecule has 0 unspecified atom stereocenters. The molecule has 0 fully saturated rings. The first-order valence-electron chi connectivity index (χ1n) is 4.75. The van der Waals surface area contributed by atoms with Gasteiger partial charge in [0.2, 0.25) is 11.8 Å². The zero-order chi connectivity index (χ0) is 12.6. The fourth-order valence-corrected chi connectivity index (χ4v) is 1.87. The molecule has 0 aliphatic heterocycles. The summed E-state index contributed by atoms with van der Waals surface area (Å²) in [5.74, 6) is -0.740. The van der Waals surface area contributed by atoms with E-state index >= 15 is 0 Å². The molecule has 6 nitrogen and oxygen atoms in total. The molecule has 0 aromatic carbocycles. The molecule has 0 aromatic heterocycles. The molecule has 0 heterocycles. The van der Waals surface area contributed by atoms with Crippen molar-refractivity contribution in [2.45, 2.75) is 19.4 Å². The average Bonchev–Trinajstić information content (AvgIpc) is 2.21. The zero-order valence-corrected chi connectivity index (χ0v) is 10.1. The quantitative estimate of drug-likeness (QED) is 0.525. The van der Waals surface area contributed by atoms with Crippen molar-refractivity contribution < 1.29 is 19.5 Å². The van der Waals surface area contributed by atoms with Crippen LogP contribution in [0.25, 0.3) is 0 Å². The van der Waals surface area contributed by atoms with Gasteiger partial charge in [0, 0.05) is 31.9 Å². The van der Waals surface area contributed by atoms with Crippen molar-refractivity contribution in [1.29, 1.82) is 0 Å². The minimum Gasteiger partial charge on any atom is -0.480 e. The summed E-state index contributed by atoms with van der Waals surface area (Å²) in [6.07, 6.45) is 0.341. The molecule has 0 spiro atoms. The van der Waals surface area contributed by atoms with E-state index in [1.54, 1.807) is 7.05 Å². The van der Waals surface area contributed by atoms with Crippen LogP contribution in [0.15, 0.2) is 0 Å². The number of carboxylic acid groups (broad SMARTS) is 1. The molecular formula is C9H16N2O4S. The van der Waals surface area contributed by atoms with Gasteiger partial charge in [0.1, 0.15) is 6.04 Å². The van der Waals surface area contributed by atoms with Gasteiger partial charge in [0.25, 0.3) is 0 Å². The summed E-state index contributed by atoms with van der Waals surface area (Å²) < 4.78 is 0. The summed E-state index contributed by atoms with van der Waals surface area (Å²) in [4.78, 5) is 32.3. The highest BCUT2D eigenvalue weighted by Gasteiger charge is 2.17. The van der Waals surface area contributed by atoms with Gasteiger partial charge in [-0.25, -0.2) is 4.79 Å². The Morgan fingerprint density at radius 2 is 2.00 bits per heavy atom. The van der Waals surface area contributed by atoms with Gasteiger partial charge in [0.05, 0.1) is 0 Å². The lowest BCUT2D eigenvalue weighted by Gasteiger charge is -2.12. The molecule has 0 aliphatic carbocycles. The summed E-state index contributed by atoms with van der Waals surface area (Å²) in [5.41, 5.74) is 0. The van der Waals surface area contributed by atoms with Gasteiger partial charge in [-0.05, 0) is 0 Å². The summed E-state index contributed by atoms with van der Waals surface area (Å²) in [6, 6.07) is -0.896. The first-order valence-corrected chi connectivity index (χ1v) is 5.91. The molecule has 0 aromatic rings. The molecule has 0 rings (SSSR count). The lowest BCUT2D eigenvalue weighted by atomic mass is 10.3. The summed E-state index contributed by atoms with van der Waals surface area (Å²) in [6.45, 7) is 1.27. The van der Waals surface area contributed by atoms with E-state index in [2.05, 4.69) is 10.6 Å².